The first kappa shape index (κ1) is 12.0. The van der Waals surface area contributed by atoms with Crippen LogP contribution in [0.2, 0.25) is 0 Å². The van der Waals surface area contributed by atoms with Gasteiger partial charge in [-0.1, -0.05) is 6.07 Å². The fourth-order valence-electron chi connectivity index (χ4n) is 1.28. The van der Waals surface area contributed by atoms with E-state index in [2.05, 4.69) is 0 Å². The van der Waals surface area contributed by atoms with Crippen molar-refractivity contribution in [3.63, 3.8) is 0 Å². The number of hydrogen-bond donors (Lipinski definition) is 0. The van der Waals surface area contributed by atoms with Gasteiger partial charge in [-0.3, -0.25) is 14.9 Å². The number of amides is 1. The smallest absolute Gasteiger partial charge is 0.285 e. The van der Waals surface area contributed by atoms with Crippen molar-refractivity contribution < 1.29 is 14.5 Å². The van der Waals surface area contributed by atoms with Gasteiger partial charge < -0.3 is 9.64 Å². The van der Waals surface area contributed by atoms with Crippen molar-refractivity contribution in [2.75, 3.05) is 21.2 Å². The van der Waals surface area contributed by atoms with Gasteiger partial charge in [0, 0.05) is 20.2 Å². The summed E-state index contributed by atoms with van der Waals surface area (Å²) in [4.78, 5) is 23.3. The van der Waals surface area contributed by atoms with E-state index >= 15 is 0 Å². The van der Waals surface area contributed by atoms with Gasteiger partial charge in [0.2, 0.25) is 0 Å². The van der Waals surface area contributed by atoms with Crippen molar-refractivity contribution in [3.05, 3.63) is 33.9 Å². The highest BCUT2D eigenvalue weighted by molar-refractivity contribution is 6.00. The first-order valence-corrected chi connectivity index (χ1v) is 4.52. The van der Waals surface area contributed by atoms with Crippen LogP contribution in [0.15, 0.2) is 18.2 Å². The predicted molar refractivity (Wildman–Crippen MR) is 57.7 cm³/mol. The maximum absolute atomic E-state index is 11.8. The molecular weight excluding hydrogens is 212 g/mol. The van der Waals surface area contributed by atoms with Gasteiger partial charge in [-0.25, -0.2) is 0 Å². The fraction of sp³-hybridized carbons (Fsp3) is 0.300. The van der Waals surface area contributed by atoms with Crippen LogP contribution in [-0.4, -0.2) is 36.9 Å². The van der Waals surface area contributed by atoms with Crippen LogP contribution in [-0.2, 0) is 0 Å². The molecule has 0 spiro atoms. The number of nitrogens with zero attached hydrogens (tertiary/aromatic N) is 2. The summed E-state index contributed by atoms with van der Waals surface area (Å²) in [5.74, 6) is -0.253. The molecule has 0 N–H and O–H groups in total. The van der Waals surface area contributed by atoms with Crippen LogP contribution in [0, 0.1) is 10.1 Å². The summed E-state index contributed by atoms with van der Waals surface area (Å²) in [5.41, 5.74) is -0.280. The second-order valence-corrected chi connectivity index (χ2v) is 3.31. The zero-order valence-electron chi connectivity index (χ0n) is 9.26. The molecule has 1 amide bonds. The molecule has 1 aromatic carbocycles. The van der Waals surface area contributed by atoms with Crippen LogP contribution >= 0.6 is 0 Å². The lowest BCUT2D eigenvalue weighted by atomic mass is 10.1. The van der Waals surface area contributed by atoms with Crippen molar-refractivity contribution in [2.24, 2.45) is 0 Å². The highest BCUT2D eigenvalue weighted by Crippen LogP contribution is 2.28. The zero-order chi connectivity index (χ0) is 12.3. The normalized spacial score (nSPS) is 9.69. The lowest BCUT2D eigenvalue weighted by Gasteiger charge is -2.13. The van der Waals surface area contributed by atoms with Crippen LogP contribution in [0.25, 0.3) is 0 Å². The molecule has 0 bridgehead atoms. The number of methoxy groups -OCH3 is 1. The minimum absolute atomic E-state index is 0.0278. The van der Waals surface area contributed by atoms with Crippen molar-refractivity contribution in [1.82, 2.24) is 4.90 Å². The van der Waals surface area contributed by atoms with Gasteiger partial charge in [0.05, 0.1) is 12.0 Å². The Morgan fingerprint density at radius 2 is 2.06 bits per heavy atom. The second-order valence-electron chi connectivity index (χ2n) is 3.31. The van der Waals surface area contributed by atoms with Crippen molar-refractivity contribution in [3.8, 4) is 5.75 Å². The molecule has 0 aliphatic carbocycles. The van der Waals surface area contributed by atoms with Crippen LogP contribution in [0.3, 0.4) is 0 Å². The van der Waals surface area contributed by atoms with E-state index in [1.807, 2.05) is 0 Å². The van der Waals surface area contributed by atoms with Gasteiger partial charge in [-0.2, -0.15) is 0 Å². The van der Waals surface area contributed by atoms with Gasteiger partial charge in [-0.15, -0.1) is 0 Å². The van der Waals surface area contributed by atoms with Gasteiger partial charge in [0.15, 0.2) is 5.56 Å². The van der Waals surface area contributed by atoms with Crippen LogP contribution in [0.1, 0.15) is 10.4 Å². The molecule has 16 heavy (non-hydrogen) atoms. The van der Waals surface area contributed by atoms with Gasteiger partial charge in [0.25, 0.3) is 11.6 Å². The third-order valence-corrected chi connectivity index (χ3v) is 2.04. The van der Waals surface area contributed by atoms with Crippen molar-refractivity contribution in [2.45, 2.75) is 0 Å². The number of carbonyl (C=O) groups excluding carboxylic acids is 1. The molecule has 0 saturated carbocycles. The molecule has 6 nitrogen and oxygen atoms in total. The SMILES string of the molecule is COc1cccc([N+](=O)[O-])c1C(=O)N(C)C. The molecule has 6 heteroatoms. The van der Waals surface area contributed by atoms with E-state index in [1.165, 1.54) is 44.3 Å². The Bertz CT molecular complexity index is 429. The highest BCUT2D eigenvalue weighted by Gasteiger charge is 2.25. The van der Waals surface area contributed by atoms with E-state index in [0.717, 1.165) is 0 Å². The molecular formula is C10H12N2O4. The Morgan fingerprint density at radius 3 is 2.50 bits per heavy atom. The lowest BCUT2D eigenvalue weighted by molar-refractivity contribution is -0.385. The first-order valence-electron chi connectivity index (χ1n) is 4.52. The largest absolute Gasteiger partial charge is 0.496 e. The van der Waals surface area contributed by atoms with Crippen LogP contribution < -0.4 is 4.74 Å². The summed E-state index contributed by atoms with van der Waals surface area (Å²) >= 11 is 0. The molecule has 1 aromatic rings. The monoisotopic (exact) mass is 224 g/mol. The zero-order valence-corrected chi connectivity index (χ0v) is 9.26. The van der Waals surface area contributed by atoms with E-state index in [1.54, 1.807) is 0 Å². The lowest BCUT2D eigenvalue weighted by Crippen LogP contribution is -2.23. The van der Waals surface area contributed by atoms with E-state index < -0.39 is 10.8 Å². The number of nitro benzene ring substituents is 1. The van der Waals surface area contributed by atoms with E-state index in [4.69, 9.17) is 4.74 Å². The first-order chi connectivity index (χ1) is 7.49. The van der Waals surface area contributed by atoms with Gasteiger partial charge in [-0.05, 0) is 6.07 Å². The Morgan fingerprint density at radius 1 is 1.44 bits per heavy atom. The second kappa shape index (κ2) is 4.61. The maximum atomic E-state index is 11.8. The van der Waals surface area contributed by atoms with Crippen molar-refractivity contribution >= 4 is 11.6 Å². The van der Waals surface area contributed by atoms with Gasteiger partial charge in [0.1, 0.15) is 5.75 Å². The molecule has 0 fully saturated rings. The summed E-state index contributed by atoms with van der Waals surface area (Å²) in [7, 11) is 4.42. The fourth-order valence-corrected chi connectivity index (χ4v) is 1.28. The predicted octanol–water partition coefficient (Wildman–Crippen LogP) is 1.31. The topological polar surface area (TPSA) is 72.7 Å². The summed E-state index contributed by atoms with van der Waals surface area (Å²) in [6.45, 7) is 0. The Balaban J connectivity index is 3.42. The average Bonchev–Trinajstić information content (AvgIpc) is 2.26. The maximum Gasteiger partial charge on any atom is 0.285 e. The van der Waals surface area contributed by atoms with E-state index in [9.17, 15) is 14.9 Å². The number of carbonyl (C=O) groups is 1. The molecule has 0 unspecified atom stereocenters. The summed E-state index contributed by atoms with van der Waals surface area (Å²) in [6, 6.07) is 4.27. The number of ether oxygens (including phenoxy) is 1. The minimum Gasteiger partial charge on any atom is -0.496 e. The third kappa shape index (κ3) is 2.10. The number of hydrogen-bond acceptors (Lipinski definition) is 4. The molecule has 0 radical (unpaired) electrons. The standard InChI is InChI=1S/C10H12N2O4/c1-11(2)10(13)9-7(12(14)15)5-4-6-8(9)16-3/h4-6H,1-3H3. The van der Waals surface area contributed by atoms with Gasteiger partial charge >= 0.3 is 0 Å². The quantitative estimate of drug-likeness (QED) is 0.573. The Kier molecular flexibility index (Phi) is 3.44. The molecule has 1 rings (SSSR count). The van der Waals surface area contributed by atoms with E-state index in [0.29, 0.717) is 0 Å². The minimum atomic E-state index is -0.598. The Labute approximate surface area is 92.6 Å². The molecule has 86 valence electrons. The number of rotatable bonds is 3. The third-order valence-electron chi connectivity index (χ3n) is 2.04. The molecule has 0 aliphatic heterocycles. The summed E-state index contributed by atoms with van der Waals surface area (Å²) in [5, 5.41) is 10.8. The molecule has 0 aliphatic rings. The van der Waals surface area contributed by atoms with E-state index in [-0.39, 0.29) is 17.0 Å². The van der Waals surface area contributed by atoms with Crippen LogP contribution in [0.5, 0.6) is 5.75 Å². The number of benzene rings is 1. The molecule has 0 atom stereocenters. The van der Waals surface area contributed by atoms with Crippen molar-refractivity contribution in [1.29, 1.82) is 0 Å². The summed E-state index contributed by atoms with van der Waals surface area (Å²) in [6.07, 6.45) is 0. The highest BCUT2D eigenvalue weighted by atomic mass is 16.6. The molecule has 0 saturated heterocycles. The molecule has 0 aromatic heterocycles. The molecule has 0 heterocycles. The van der Waals surface area contributed by atoms with Crippen LogP contribution in [0.4, 0.5) is 5.69 Å². The Hall–Kier alpha value is -2.11. The number of nitro groups is 1. The average molecular weight is 224 g/mol. The summed E-state index contributed by atoms with van der Waals surface area (Å²) < 4.78 is 4.96.